The molecule has 2 heterocycles. The quantitative estimate of drug-likeness (QED) is 0.775. The van der Waals surface area contributed by atoms with E-state index in [4.69, 9.17) is 34.8 Å². The number of amides is 3. The number of nitrogens with one attached hydrogen (secondary N) is 1. The first-order chi connectivity index (χ1) is 12.8. The maximum Gasteiger partial charge on any atom is 0.319 e. The zero-order valence-corrected chi connectivity index (χ0v) is 17.0. The van der Waals surface area contributed by atoms with Crippen molar-refractivity contribution in [3.8, 4) is 0 Å². The van der Waals surface area contributed by atoms with E-state index in [9.17, 15) is 9.59 Å². The third-order valence-electron chi connectivity index (χ3n) is 4.28. The maximum absolute atomic E-state index is 12.8. The van der Waals surface area contributed by atoms with Gasteiger partial charge >= 0.3 is 6.03 Å². The summed E-state index contributed by atoms with van der Waals surface area (Å²) in [5.41, 5.74) is 2.45. The van der Waals surface area contributed by atoms with E-state index in [1.54, 1.807) is 25.2 Å². The summed E-state index contributed by atoms with van der Waals surface area (Å²) in [4.78, 5) is 32.4. The zero-order chi connectivity index (χ0) is 19.7. The summed E-state index contributed by atoms with van der Waals surface area (Å²) in [7, 11) is 3.42. The van der Waals surface area contributed by atoms with Gasteiger partial charge in [-0.2, -0.15) is 0 Å². The number of pyridine rings is 1. The molecule has 0 bridgehead atoms. The lowest BCUT2D eigenvalue weighted by atomic mass is 9.97. The first-order valence-corrected chi connectivity index (χ1v) is 9.29. The Morgan fingerprint density at radius 3 is 2.44 bits per heavy atom. The van der Waals surface area contributed by atoms with Gasteiger partial charge in [-0.3, -0.25) is 9.78 Å². The summed E-state index contributed by atoms with van der Waals surface area (Å²) in [5.74, 6) is -0.363. The molecule has 0 atom stereocenters. The van der Waals surface area contributed by atoms with Crippen LogP contribution in [-0.4, -0.2) is 47.4 Å². The van der Waals surface area contributed by atoms with Crippen LogP contribution in [0.15, 0.2) is 24.5 Å². The highest BCUT2D eigenvalue weighted by Gasteiger charge is 2.26. The molecular weight excluding hydrogens is 411 g/mol. The van der Waals surface area contributed by atoms with Gasteiger partial charge in [0.2, 0.25) is 0 Å². The van der Waals surface area contributed by atoms with E-state index in [0.717, 1.165) is 11.1 Å². The fraction of sp³-hybridized carbons (Fsp3) is 0.278. The number of rotatable bonds is 2. The van der Waals surface area contributed by atoms with Crippen molar-refractivity contribution in [1.82, 2.24) is 14.8 Å². The van der Waals surface area contributed by atoms with Gasteiger partial charge in [0.1, 0.15) is 0 Å². The van der Waals surface area contributed by atoms with Crippen molar-refractivity contribution >= 4 is 52.4 Å². The number of fused-ring (bicyclic) bond motifs is 1. The molecule has 0 radical (unpaired) electrons. The van der Waals surface area contributed by atoms with Gasteiger partial charge in [-0.05, 0) is 29.7 Å². The Morgan fingerprint density at radius 1 is 1.15 bits per heavy atom. The Hall–Kier alpha value is -2.02. The fourth-order valence-electron chi connectivity index (χ4n) is 2.98. The van der Waals surface area contributed by atoms with Crippen molar-refractivity contribution in [2.24, 2.45) is 0 Å². The number of carbonyl (C=O) groups is 2. The number of hydrogen-bond acceptors (Lipinski definition) is 3. The monoisotopic (exact) mass is 426 g/mol. The highest BCUT2D eigenvalue weighted by atomic mass is 35.5. The maximum atomic E-state index is 12.8. The number of halogens is 3. The van der Waals surface area contributed by atoms with Crippen LogP contribution in [0.1, 0.15) is 21.5 Å². The minimum Gasteiger partial charge on any atom is -0.331 e. The van der Waals surface area contributed by atoms with Gasteiger partial charge in [-0.1, -0.05) is 34.8 Å². The van der Waals surface area contributed by atoms with E-state index < -0.39 is 0 Å². The smallest absolute Gasteiger partial charge is 0.319 e. The van der Waals surface area contributed by atoms with Crippen LogP contribution < -0.4 is 5.32 Å². The predicted molar refractivity (Wildman–Crippen MR) is 107 cm³/mol. The van der Waals surface area contributed by atoms with Crippen LogP contribution in [0.25, 0.3) is 0 Å². The molecule has 0 fully saturated rings. The summed E-state index contributed by atoms with van der Waals surface area (Å²) in [6, 6.07) is 2.94. The number of anilines is 1. The molecule has 142 valence electrons. The largest absolute Gasteiger partial charge is 0.331 e. The summed E-state index contributed by atoms with van der Waals surface area (Å²) >= 11 is 18.2. The van der Waals surface area contributed by atoms with Gasteiger partial charge in [0.05, 0.1) is 21.3 Å². The summed E-state index contributed by atoms with van der Waals surface area (Å²) in [5, 5.41) is 3.62. The molecule has 1 aliphatic heterocycles. The molecule has 6 nitrogen and oxygen atoms in total. The first kappa shape index (κ1) is 19.7. The van der Waals surface area contributed by atoms with Crippen LogP contribution in [0.5, 0.6) is 0 Å². The molecule has 0 spiro atoms. The molecule has 0 saturated carbocycles. The van der Waals surface area contributed by atoms with Gasteiger partial charge in [-0.15, -0.1) is 0 Å². The van der Waals surface area contributed by atoms with E-state index in [-0.39, 0.29) is 22.0 Å². The molecule has 1 aliphatic rings. The van der Waals surface area contributed by atoms with Crippen molar-refractivity contribution < 1.29 is 9.59 Å². The Morgan fingerprint density at radius 2 is 1.81 bits per heavy atom. The Bertz CT molecular complexity index is 894. The van der Waals surface area contributed by atoms with Crippen LogP contribution >= 0.6 is 34.8 Å². The molecular formula is C18H17Cl3N4O2. The number of urea groups is 1. The van der Waals surface area contributed by atoms with E-state index in [1.807, 2.05) is 0 Å². The van der Waals surface area contributed by atoms with E-state index in [1.165, 1.54) is 23.2 Å². The topological polar surface area (TPSA) is 65.5 Å². The molecule has 1 aromatic carbocycles. The third kappa shape index (κ3) is 4.13. The van der Waals surface area contributed by atoms with Crippen molar-refractivity contribution in [2.45, 2.75) is 13.0 Å². The number of carbonyl (C=O) groups excluding carboxylic acids is 2. The average Bonchev–Trinajstić information content (AvgIpc) is 2.62. The molecule has 9 heteroatoms. The van der Waals surface area contributed by atoms with Crippen LogP contribution in [0.2, 0.25) is 15.1 Å². The van der Waals surface area contributed by atoms with Crippen LogP contribution in [-0.2, 0) is 13.0 Å². The average molecular weight is 428 g/mol. The van der Waals surface area contributed by atoms with Gasteiger partial charge < -0.3 is 15.1 Å². The van der Waals surface area contributed by atoms with Gasteiger partial charge in [0, 0.05) is 44.6 Å². The van der Waals surface area contributed by atoms with Crippen LogP contribution in [0, 0.1) is 0 Å². The predicted octanol–water partition coefficient (Wildman–Crippen LogP) is 4.33. The number of hydrogen-bond donors (Lipinski definition) is 1. The van der Waals surface area contributed by atoms with Crippen molar-refractivity contribution in [3.05, 3.63) is 56.3 Å². The normalized spacial score (nSPS) is 13.1. The van der Waals surface area contributed by atoms with Gasteiger partial charge in [0.15, 0.2) is 0 Å². The SMILES string of the molecule is CN(C)C(=O)N1CCc2c(cncc2C(=O)Nc2c(Cl)cc(Cl)cc2Cl)C1. The zero-order valence-electron chi connectivity index (χ0n) is 14.7. The lowest BCUT2D eigenvalue weighted by molar-refractivity contribution is 0.102. The van der Waals surface area contributed by atoms with Crippen LogP contribution in [0.3, 0.4) is 0 Å². The molecule has 1 N–H and O–H groups in total. The molecule has 27 heavy (non-hydrogen) atoms. The van der Waals surface area contributed by atoms with E-state index in [2.05, 4.69) is 10.3 Å². The highest BCUT2D eigenvalue weighted by Crippen LogP contribution is 2.34. The molecule has 1 aromatic heterocycles. The number of aromatic nitrogens is 1. The summed E-state index contributed by atoms with van der Waals surface area (Å²) in [6.07, 6.45) is 3.75. The fourth-order valence-corrected chi connectivity index (χ4v) is 3.89. The van der Waals surface area contributed by atoms with Gasteiger partial charge in [-0.25, -0.2) is 4.79 Å². The first-order valence-electron chi connectivity index (χ1n) is 8.15. The molecule has 2 aromatic rings. The number of nitrogens with zero attached hydrogens (tertiary/aromatic N) is 3. The molecule has 3 rings (SSSR count). The second-order valence-electron chi connectivity index (χ2n) is 6.37. The standard InChI is InChI=1S/C18H17Cl3N4O2/c1-24(2)18(27)25-4-3-12-10(9-25)7-22-8-13(12)17(26)23-16-14(20)5-11(19)6-15(16)21/h5-8H,3-4,9H2,1-2H3,(H,23,26). The lowest BCUT2D eigenvalue weighted by Gasteiger charge is -2.31. The highest BCUT2D eigenvalue weighted by molar-refractivity contribution is 6.42. The summed E-state index contributed by atoms with van der Waals surface area (Å²) in [6.45, 7) is 0.930. The minimum absolute atomic E-state index is 0.0739. The Kier molecular flexibility index (Phi) is 5.79. The molecule has 3 amide bonds. The molecule has 0 aliphatic carbocycles. The summed E-state index contributed by atoms with van der Waals surface area (Å²) < 4.78 is 0. The van der Waals surface area contributed by atoms with Crippen molar-refractivity contribution in [1.29, 1.82) is 0 Å². The van der Waals surface area contributed by atoms with E-state index in [0.29, 0.717) is 35.8 Å². The Balaban J connectivity index is 1.86. The van der Waals surface area contributed by atoms with Gasteiger partial charge in [0.25, 0.3) is 5.91 Å². The second kappa shape index (κ2) is 7.92. The van der Waals surface area contributed by atoms with Crippen molar-refractivity contribution in [2.75, 3.05) is 26.0 Å². The lowest BCUT2D eigenvalue weighted by Crippen LogP contribution is -2.42. The number of benzene rings is 1. The third-order valence-corrected chi connectivity index (χ3v) is 5.10. The van der Waals surface area contributed by atoms with Crippen molar-refractivity contribution in [3.63, 3.8) is 0 Å². The van der Waals surface area contributed by atoms with E-state index >= 15 is 0 Å². The molecule has 0 unspecified atom stereocenters. The Labute approximate surface area is 172 Å². The molecule has 0 saturated heterocycles. The minimum atomic E-state index is -0.363. The second-order valence-corrected chi connectivity index (χ2v) is 7.62. The van der Waals surface area contributed by atoms with Crippen LogP contribution in [0.4, 0.5) is 10.5 Å².